The smallest absolute Gasteiger partial charge is 0.408 e. The lowest BCUT2D eigenvalue weighted by molar-refractivity contribution is -0.145. The zero-order chi connectivity index (χ0) is 29.7. The highest BCUT2D eigenvalue weighted by molar-refractivity contribution is 5.98. The van der Waals surface area contributed by atoms with Crippen LogP contribution in [0.3, 0.4) is 0 Å². The lowest BCUT2D eigenvalue weighted by Crippen LogP contribution is -2.47. The molecule has 0 spiro atoms. The van der Waals surface area contributed by atoms with Crippen molar-refractivity contribution in [2.24, 2.45) is 0 Å². The Kier molecular flexibility index (Phi) is 11.1. The monoisotopic (exact) mass is 570 g/mol. The molecule has 1 unspecified atom stereocenters. The summed E-state index contributed by atoms with van der Waals surface area (Å²) in [5.74, 6) is -0.949. The number of anilines is 1. The summed E-state index contributed by atoms with van der Waals surface area (Å²) in [6.07, 6.45) is 6.21. The van der Waals surface area contributed by atoms with Crippen LogP contribution in [-0.2, 0) is 25.7 Å². The number of nitrogens with one attached hydrogen (secondary N) is 2. The molecule has 2 N–H and O–H groups in total. The van der Waals surface area contributed by atoms with Crippen LogP contribution in [0.5, 0.6) is 0 Å². The maximum absolute atomic E-state index is 13.3. The molecule has 9 heteroatoms. The van der Waals surface area contributed by atoms with Crippen LogP contribution >= 0.6 is 0 Å². The Bertz CT molecular complexity index is 1480. The Morgan fingerprint density at radius 1 is 0.905 bits per heavy atom. The number of nitrogens with zero attached hydrogens (tertiary/aromatic N) is 2. The molecule has 0 aliphatic carbocycles. The number of hydrogen-bond donors (Lipinski definition) is 2. The van der Waals surface area contributed by atoms with Gasteiger partial charge in [-0.05, 0) is 54.8 Å². The normalized spacial score (nSPS) is 11.6. The second kappa shape index (κ2) is 15.4. The second-order valence-electron chi connectivity index (χ2n) is 10.3. The third-order valence-corrected chi connectivity index (χ3v) is 6.80. The van der Waals surface area contributed by atoms with E-state index in [4.69, 9.17) is 9.47 Å². The Hall–Kier alpha value is -4.66. The molecule has 1 heterocycles. The van der Waals surface area contributed by atoms with Gasteiger partial charge in [-0.1, -0.05) is 75.1 Å². The molecule has 0 aliphatic heterocycles. The Morgan fingerprint density at radius 3 is 2.50 bits per heavy atom. The molecule has 1 atom stereocenters. The zero-order valence-corrected chi connectivity index (χ0v) is 24.2. The van der Waals surface area contributed by atoms with Gasteiger partial charge in [0.15, 0.2) is 0 Å². The molecule has 4 aromatic rings. The van der Waals surface area contributed by atoms with Gasteiger partial charge in [0.25, 0.3) is 5.91 Å². The van der Waals surface area contributed by atoms with Crippen LogP contribution in [0.1, 0.15) is 56.6 Å². The van der Waals surface area contributed by atoms with E-state index in [1.807, 2.05) is 73.7 Å². The fraction of sp³-hybridized carbons (Fsp3) is 0.333. The standard InChI is InChI=1S/C33H38N4O5/c1-3-4-5-6-10-16-31(38)41-23-29(36-33(40)42-22-25-13-8-7-9-14-25)32(39)35-27-18-17-26-21-34-37(30(26)20-27)28-15-11-12-24(2)19-28/h7-9,11-15,17-21,29H,3-6,10,16,22-23H2,1-2H3,(H,35,39)(H,36,40). The summed E-state index contributed by atoms with van der Waals surface area (Å²) >= 11 is 0. The molecule has 0 saturated carbocycles. The first-order valence-corrected chi connectivity index (χ1v) is 14.4. The maximum Gasteiger partial charge on any atom is 0.408 e. The summed E-state index contributed by atoms with van der Waals surface area (Å²) in [6.45, 7) is 3.87. The molecule has 0 fully saturated rings. The third-order valence-electron chi connectivity index (χ3n) is 6.80. The van der Waals surface area contributed by atoms with Gasteiger partial charge in [0.2, 0.25) is 0 Å². The van der Waals surface area contributed by atoms with E-state index in [0.29, 0.717) is 5.69 Å². The lowest BCUT2D eigenvalue weighted by atomic mass is 10.1. The van der Waals surface area contributed by atoms with Crippen molar-refractivity contribution < 1.29 is 23.9 Å². The van der Waals surface area contributed by atoms with E-state index >= 15 is 0 Å². The molecular weight excluding hydrogens is 532 g/mol. The molecule has 0 aliphatic rings. The Balaban J connectivity index is 1.43. The highest BCUT2D eigenvalue weighted by Gasteiger charge is 2.24. The number of amides is 2. The topological polar surface area (TPSA) is 112 Å². The molecule has 0 radical (unpaired) electrons. The average molecular weight is 571 g/mol. The number of ether oxygens (including phenoxy) is 2. The number of esters is 1. The van der Waals surface area contributed by atoms with E-state index in [2.05, 4.69) is 22.7 Å². The second-order valence-corrected chi connectivity index (χ2v) is 10.3. The average Bonchev–Trinajstić information content (AvgIpc) is 3.42. The summed E-state index contributed by atoms with van der Waals surface area (Å²) in [5.41, 5.74) is 4.12. The van der Waals surface area contributed by atoms with Gasteiger partial charge in [-0.3, -0.25) is 9.59 Å². The number of unbranched alkanes of at least 4 members (excludes halogenated alkanes) is 4. The Labute approximate surface area is 246 Å². The number of benzene rings is 3. The fourth-order valence-electron chi connectivity index (χ4n) is 4.50. The first kappa shape index (κ1) is 30.3. The van der Waals surface area contributed by atoms with Crippen LogP contribution < -0.4 is 10.6 Å². The minimum Gasteiger partial charge on any atom is -0.463 e. The van der Waals surface area contributed by atoms with Crippen molar-refractivity contribution in [2.75, 3.05) is 11.9 Å². The zero-order valence-electron chi connectivity index (χ0n) is 24.2. The quantitative estimate of drug-likeness (QED) is 0.133. The molecule has 0 bridgehead atoms. The molecule has 42 heavy (non-hydrogen) atoms. The van der Waals surface area contributed by atoms with Gasteiger partial charge >= 0.3 is 12.1 Å². The number of aromatic nitrogens is 2. The predicted octanol–water partition coefficient (Wildman–Crippen LogP) is 6.47. The van der Waals surface area contributed by atoms with Crippen molar-refractivity contribution >= 4 is 34.6 Å². The highest BCUT2D eigenvalue weighted by Crippen LogP contribution is 2.23. The van der Waals surface area contributed by atoms with E-state index in [1.54, 1.807) is 16.9 Å². The number of carbonyl (C=O) groups is 3. The van der Waals surface area contributed by atoms with Crippen LogP contribution in [0.2, 0.25) is 0 Å². The summed E-state index contributed by atoms with van der Waals surface area (Å²) in [4.78, 5) is 38.3. The highest BCUT2D eigenvalue weighted by atomic mass is 16.6. The van der Waals surface area contributed by atoms with Crippen LogP contribution in [0.25, 0.3) is 16.6 Å². The number of hydrogen-bond acceptors (Lipinski definition) is 6. The van der Waals surface area contributed by atoms with Crippen molar-refractivity contribution in [2.45, 2.75) is 65.0 Å². The van der Waals surface area contributed by atoms with Crippen molar-refractivity contribution in [1.29, 1.82) is 0 Å². The SMILES string of the molecule is CCCCCCCC(=O)OCC(NC(=O)OCc1ccccc1)C(=O)Nc1ccc2cnn(-c3cccc(C)c3)c2c1. The largest absolute Gasteiger partial charge is 0.463 e. The van der Waals surface area contributed by atoms with Crippen molar-refractivity contribution in [3.05, 3.63) is 90.1 Å². The van der Waals surface area contributed by atoms with Crippen LogP contribution in [-0.4, -0.2) is 40.4 Å². The first-order chi connectivity index (χ1) is 20.4. The molecular formula is C33H38N4O5. The van der Waals surface area contributed by atoms with Gasteiger partial charge < -0.3 is 20.1 Å². The van der Waals surface area contributed by atoms with Gasteiger partial charge in [0.1, 0.15) is 19.3 Å². The minimum atomic E-state index is -1.16. The third kappa shape index (κ3) is 8.92. The summed E-state index contributed by atoms with van der Waals surface area (Å²) in [7, 11) is 0. The van der Waals surface area contributed by atoms with Gasteiger partial charge in [0, 0.05) is 17.5 Å². The number of fused-ring (bicyclic) bond motifs is 1. The number of alkyl carbamates (subject to hydrolysis) is 1. The summed E-state index contributed by atoms with van der Waals surface area (Å²) in [5, 5.41) is 10.8. The van der Waals surface area contributed by atoms with E-state index < -0.39 is 24.0 Å². The summed E-state index contributed by atoms with van der Waals surface area (Å²) < 4.78 is 12.5. The Morgan fingerprint density at radius 2 is 1.71 bits per heavy atom. The molecule has 0 saturated heterocycles. The van der Waals surface area contributed by atoms with Crippen molar-refractivity contribution in [1.82, 2.24) is 15.1 Å². The molecule has 3 aromatic carbocycles. The molecule has 220 valence electrons. The fourth-order valence-corrected chi connectivity index (χ4v) is 4.50. The molecule has 2 amide bonds. The van der Waals surface area contributed by atoms with Crippen molar-refractivity contribution in [3.8, 4) is 5.69 Å². The summed E-state index contributed by atoms with van der Waals surface area (Å²) in [6, 6.07) is 21.5. The predicted molar refractivity (Wildman–Crippen MR) is 162 cm³/mol. The minimum absolute atomic E-state index is 0.0399. The molecule has 1 aromatic heterocycles. The van der Waals surface area contributed by atoms with Gasteiger partial charge in [0.05, 0.1) is 17.4 Å². The van der Waals surface area contributed by atoms with Gasteiger partial charge in [-0.15, -0.1) is 0 Å². The first-order valence-electron chi connectivity index (χ1n) is 14.4. The van der Waals surface area contributed by atoms with Gasteiger partial charge in [-0.2, -0.15) is 5.10 Å². The van der Waals surface area contributed by atoms with E-state index in [9.17, 15) is 14.4 Å². The molecule has 4 rings (SSSR count). The molecule has 9 nitrogen and oxygen atoms in total. The maximum atomic E-state index is 13.3. The van der Waals surface area contributed by atoms with Crippen LogP contribution in [0, 0.1) is 6.92 Å². The number of aryl methyl sites for hydroxylation is 1. The van der Waals surface area contributed by atoms with Crippen molar-refractivity contribution in [3.63, 3.8) is 0 Å². The lowest BCUT2D eigenvalue weighted by Gasteiger charge is -2.19. The van der Waals surface area contributed by atoms with E-state index in [1.165, 1.54) is 0 Å². The number of rotatable bonds is 14. The van der Waals surface area contributed by atoms with Crippen LogP contribution in [0.4, 0.5) is 10.5 Å². The number of carbonyl (C=O) groups excluding carboxylic acids is 3. The van der Waals surface area contributed by atoms with E-state index in [-0.39, 0.29) is 19.6 Å². The van der Waals surface area contributed by atoms with Gasteiger partial charge in [-0.25, -0.2) is 9.48 Å². The van der Waals surface area contributed by atoms with E-state index in [0.717, 1.165) is 59.8 Å². The van der Waals surface area contributed by atoms with Crippen LogP contribution in [0.15, 0.2) is 79.0 Å².